The topological polar surface area (TPSA) is 172 Å². The highest BCUT2D eigenvalue weighted by molar-refractivity contribution is 7.16. The van der Waals surface area contributed by atoms with Crippen LogP contribution in [0.15, 0.2) is 4.52 Å². The van der Waals surface area contributed by atoms with Crippen molar-refractivity contribution in [2.24, 2.45) is 5.84 Å². The highest BCUT2D eigenvalue weighted by Gasteiger charge is 2.49. The average Bonchev–Trinajstić information content (AvgIpc) is 3.65. The van der Waals surface area contributed by atoms with Gasteiger partial charge in [-0.1, -0.05) is 5.16 Å². The third-order valence-corrected chi connectivity index (χ3v) is 10.1. The maximum absolute atomic E-state index is 9.99. The number of nitrogens with one attached hydrogen (secondary N) is 1. The molecule has 206 valence electrons. The maximum atomic E-state index is 9.99. The van der Waals surface area contributed by atoms with Crippen molar-refractivity contribution in [1.82, 2.24) is 20.0 Å². The largest absolute Gasteiger partial charge is 0.393 e. The maximum Gasteiger partial charge on any atom is 0.186 e. The molecule has 11 nitrogen and oxygen atoms in total. The van der Waals surface area contributed by atoms with E-state index in [0.29, 0.717) is 45.4 Å². The zero-order valence-electron chi connectivity index (χ0n) is 22.8. The van der Waals surface area contributed by atoms with E-state index < -0.39 is 5.41 Å². The van der Waals surface area contributed by atoms with Crippen LogP contribution >= 0.6 is 11.3 Å². The van der Waals surface area contributed by atoms with Gasteiger partial charge in [-0.25, -0.2) is 15.8 Å². The molecule has 2 aliphatic carbocycles. The number of nitriles is 1. The molecule has 1 spiro atoms. The van der Waals surface area contributed by atoms with Crippen LogP contribution in [-0.2, 0) is 18.3 Å². The van der Waals surface area contributed by atoms with Gasteiger partial charge in [0.15, 0.2) is 28.9 Å². The molecular formula is C27H36N10OS. The molecule has 0 radical (unpaired) electrons. The Morgan fingerprint density at radius 1 is 1.23 bits per heavy atom. The van der Waals surface area contributed by atoms with E-state index in [0.717, 1.165) is 74.8 Å². The molecule has 3 unspecified atom stereocenters. The highest BCUT2D eigenvalue weighted by atomic mass is 32.1. The Morgan fingerprint density at radius 3 is 2.69 bits per heavy atom. The van der Waals surface area contributed by atoms with Crippen molar-refractivity contribution < 1.29 is 4.52 Å². The molecule has 3 atom stereocenters. The van der Waals surface area contributed by atoms with Gasteiger partial charge in [-0.2, -0.15) is 5.26 Å². The smallest absolute Gasteiger partial charge is 0.186 e. The van der Waals surface area contributed by atoms with Crippen LogP contribution in [0.1, 0.15) is 72.8 Å². The number of nitrogens with two attached hydrogens (primary N) is 3. The number of likely N-dealkylation sites (tertiary alicyclic amines) is 1. The number of likely N-dealkylation sites (N-methyl/N-ethyl adjacent to an activating group) is 1. The third-order valence-electron chi connectivity index (χ3n) is 9.05. The van der Waals surface area contributed by atoms with E-state index >= 15 is 0 Å². The predicted molar refractivity (Wildman–Crippen MR) is 153 cm³/mol. The lowest BCUT2D eigenvalue weighted by Gasteiger charge is -2.39. The number of rotatable bonds is 5. The van der Waals surface area contributed by atoms with Crippen LogP contribution in [0.2, 0.25) is 0 Å². The summed E-state index contributed by atoms with van der Waals surface area (Å²) in [6.07, 6.45) is 7.67. The molecule has 0 saturated carbocycles. The molecule has 0 amide bonds. The summed E-state index contributed by atoms with van der Waals surface area (Å²) in [6, 6.07) is 2.68. The minimum atomic E-state index is -0.407. The van der Waals surface area contributed by atoms with E-state index in [1.165, 1.54) is 16.2 Å². The van der Waals surface area contributed by atoms with Crippen LogP contribution in [0, 0.1) is 11.3 Å². The molecule has 0 aromatic carbocycles. The van der Waals surface area contributed by atoms with Gasteiger partial charge in [0.1, 0.15) is 16.8 Å². The number of thiophene rings is 1. The number of nitrogen functional groups attached to an aromatic ring is 2. The van der Waals surface area contributed by atoms with Gasteiger partial charge in [0.2, 0.25) is 0 Å². The van der Waals surface area contributed by atoms with Crippen LogP contribution in [0.4, 0.5) is 22.3 Å². The number of anilines is 4. The van der Waals surface area contributed by atoms with Gasteiger partial charge in [-0.15, -0.1) is 11.3 Å². The highest BCUT2D eigenvalue weighted by Crippen LogP contribution is 2.55. The second kappa shape index (κ2) is 9.66. The first-order valence-corrected chi connectivity index (χ1v) is 14.5. The summed E-state index contributed by atoms with van der Waals surface area (Å²) < 4.78 is 6.17. The normalized spacial score (nSPS) is 23.3. The van der Waals surface area contributed by atoms with Gasteiger partial charge in [-0.05, 0) is 77.4 Å². The van der Waals surface area contributed by atoms with Crippen molar-refractivity contribution in [3.05, 3.63) is 27.3 Å². The fourth-order valence-corrected chi connectivity index (χ4v) is 8.25. The van der Waals surface area contributed by atoms with Crippen molar-refractivity contribution in [2.75, 3.05) is 42.4 Å². The predicted octanol–water partition coefficient (Wildman–Crippen LogP) is 3.39. The quantitative estimate of drug-likeness (QED) is 0.272. The van der Waals surface area contributed by atoms with E-state index in [1.54, 1.807) is 12.1 Å². The number of hydrogen-bond acceptors (Lipinski definition) is 12. The number of hydrazine groups is 1. The molecule has 1 aliphatic heterocycles. The summed E-state index contributed by atoms with van der Waals surface area (Å²) in [4.78, 5) is 13.1. The molecule has 39 heavy (non-hydrogen) atoms. The van der Waals surface area contributed by atoms with Crippen LogP contribution in [0.25, 0.3) is 11.5 Å². The second-order valence-electron chi connectivity index (χ2n) is 11.1. The Kier molecular flexibility index (Phi) is 6.40. The molecule has 3 aliphatic rings. The van der Waals surface area contributed by atoms with Gasteiger partial charge in [0, 0.05) is 23.5 Å². The summed E-state index contributed by atoms with van der Waals surface area (Å²) in [5.74, 6) is 8.90. The van der Waals surface area contributed by atoms with Gasteiger partial charge in [0.25, 0.3) is 0 Å². The summed E-state index contributed by atoms with van der Waals surface area (Å²) in [7, 11) is 3.91. The van der Waals surface area contributed by atoms with Crippen molar-refractivity contribution >= 4 is 33.7 Å². The fourth-order valence-electron chi connectivity index (χ4n) is 7.09. The molecule has 12 heteroatoms. The van der Waals surface area contributed by atoms with Gasteiger partial charge < -0.3 is 26.2 Å². The summed E-state index contributed by atoms with van der Waals surface area (Å²) in [6.45, 7) is 3.15. The van der Waals surface area contributed by atoms with Crippen LogP contribution in [-0.4, -0.2) is 52.7 Å². The molecular weight excluding hydrogens is 512 g/mol. The molecule has 1 saturated heterocycles. The number of nitrogens with zero attached hydrogens (tertiary/aromatic N) is 6. The van der Waals surface area contributed by atoms with Gasteiger partial charge >= 0.3 is 0 Å². The number of hydrogen-bond donors (Lipinski definition) is 4. The summed E-state index contributed by atoms with van der Waals surface area (Å²) in [5.41, 5.74) is 16.0. The van der Waals surface area contributed by atoms with Crippen LogP contribution < -0.4 is 27.6 Å². The van der Waals surface area contributed by atoms with E-state index in [4.69, 9.17) is 31.8 Å². The standard InChI is InChI=1S/C27H36N10OS/c1-14(17-8-6-12-36(17)3)37(31)26-20(29)24(32-2)33-25(34-26)21-15-7-4-10-27(22(15)38-35-21)11-5-9-18-19(27)16(13-28)23(30)39-18/h14,17H,4-12,29-31H2,1-3H3,(H,32,33,34). The Hall–Kier alpha value is -3.40. The molecule has 0 bridgehead atoms. The molecule has 7 N–H and O–H groups in total. The Labute approximate surface area is 232 Å². The third kappa shape index (κ3) is 3.86. The van der Waals surface area contributed by atoms with Gasteiger partial charge in [-0.3, -0.25) is 5.01 Å². The fraction of sp³-hybridized carbons (Fsp3) is 0.556. The Morgan fingerprint density at radius 2 is 2.00 bits per heavy atom. The van der Waals surface area contributed by atoms with E-state index in [1.807, 2.05) is 0 Å². The second-order valence-corrected chi connectivity index (χ2v) is 12.2. The summed E-state index contributed by atoms with van der Waals surface area (Å²) >= 11 is 1.54. The Balaban J connectivity index is 1.45. The van der Waals surface area contributed by atoms with Crippen molar-refractivity contribution in [1.29, 1.82) is 5.26 Å². The van der Waals surface area contributed by atoms with Gasteiger partial charge in [0.05, 0.1) is 17.0 Å². The number of aryl methyl sites for hydroxylation is 1. The first-order valence-electron chi connectivity index (χ1n) is 13.7. The summed E-state index contributed by atoms with van der Waals surface area (Å²) in [5, 5.41) is 19.9. The van der Waals surface area contributed by atoms with Crippen molar-refractivity contribution in [3.63, 3.8) is 0 Å². The minimum Gasteiger partial charge on any atom is -0.393 e. The number of aromatic nitrogens is 3. The average molecular weight is 549 g/mol. The first-order chi connectivity index (χ1) is 18.8. The molecule has 1 fully saturated rings. The first kappa shape index (κ1) is 25.9. The lowest BCUT2D eigenvalue weighted by molar-refractivity contribution is 0.265. The molecule has 3 aromatic rings. The van der Waals surface area contributed by atoms with E-state index in [2.05, 4.69) is 35.4 Å². The van der Waals surface area contributed by atoms with Crippen LogP contribution in [0.5, 0.6) is 0 Å². The number of fused-ring (bicyclic) bond motifs is 4. The van der Waals surface area contributed by atoms with E-state index in [9.17, 15) is 5.26 Å². The van der Waals surface area contributed by atoms with Crippen molar-refractivity contribution in [2.45, 2.75) is 75.8 Å². The van der Waals surface area contributed by atoms with Crippen molar-refractivity contribution in [3.8, 4) is 17.6 Å². The lowest BCUT2D eigenvalue weighted by Crippen LogP contribution is -2.50. The molecule has 4 heterocycles. The molecule has 3 aromatic heterocycles. The van der Waals surface area contributed by atoms with Crippen LogP contribution in [0.3, 0.4) is 0 Å². The zero-order chi connectivity index (χ0) is 27.5. The SMILES string of the molecule is CNc1nc(-c2noc3c2CCCC32CCCc3sc(N)c(C#N)c32)nc(N(N)C(C)C2CCCN2C)c1N. The Bertz CT molecular complexity index is 1450. The monoisotopic (exact) mass is 548 g/mol. The van der Waals surface area contributed by atoms with E-state index in [-0.39, 0.29) is 6.04 Å². The zero-order valence-corrected chi connectivity index (χ0v) is 23.6. The molecule has 6 rings (SSSR count). The minimum absolute atomic E-state index is 0.00383. The lowest BCUT2D eigenvalue weighted by atomic mass is 9.63.